The maximum Gasteiger partial charge on any atom is 0.246 e. The maximum absolute atomic E-state index is 11.4. The SMILES string of the molecule is C=C1C(SC(=O)SC)CC2CC1C2(C)C. The predicted octanol–water partition coefficient (Wildman–Crippen LogP) is 4.19. The van der Waals surface area contributed by atoms with Gasteiger partial charge in [-0.1, -0.05) is 49.5 Å². The third-order valence-corrected chi connectivity index (χ3v) is 6.33. The fraction of sp³-hybridized carbons (Fsp3) is 0.750. The standard InChI is InChI=1S/C12H18OS2/c1-7-9-5-8(12(9,2)3)6-10(7)15-11(13)14-4/h8-10H,1,5-6H2,2-4H3. The van der Waals surface area contributed by atoms with Gasteiger partial charge in [0.25, 0.3) is 0 Å². The normalized spacial score (nSPS) is 37.3. The quantitative estimate of drug-likeness (QED) is 0.642. The molecule has 0 aromatic heterocycles. The van der Waals surface area contributed by atoms with Crippen molar-refractivity contribution in [3.05, 3.63) is 12.2 Å². The Morgan fingerprint density at radius 2 is 2.13 bits per heavy atom. The molecule has 3 rings (SSSR count). The van der Waals surface area contributed by atoms with Gasteiger partial charge in [0.2, 0.25) is 4.45 Å². The van der Waals surface area contributed by atoms with E-state index in [4.69, 9.17) is 0 Å². The summed E-state index contributed by atoms with van der Waals surface area (Å²) in [6.07, 6.45) is 4.31. The number of carbonyl (C=O) groups excluding carboxylic acids is 1. The van der Waals surface area contributed by atoms with E-state index >= 15 is 0 Å². The monoisotopic (exact) mass is 242 g/mol. The van der Waals surface area contributed by atoms with Crippen molar-refractivity contribution in [3.8, 4) is 0 Å². The first-order valence-electron chi connectivity index (χ1n) is 5.40. The third kappa shape index (κ3) is 1.78. The van der Waals surface area contributed by atoms with Gasteiger partial charge in [-0.2, -0.15) is 0 Å². The number of thioether (sulfide) groups is 2. The fourth-order valence-corrected chi connectivity index (χ4v) is 4.58. The molecule has 0 aromatic carbocycles. The summed E-state index contributed by atoms with van der Waals surface area (Å²) in [5, 5.41) is 0.390. The van der Waals surface area contributed by atoms with Crippen molar-refractivity contribution in [2.45, 2.75) is 31.9 Å². The number of rotatable bonds is 1. The van der Waals surface area contributed by atoms with Crippen LogP contribution >= 0.6 is 23.5 Å². The lowest BCUT2D eigenvalue weighted by Crippen LogP contribution is -2.52. The van der Waals surface area contributed by atoms with E-state index in [1.807, 2.05) is 6.26 Å². The maximum atomic E-state index is 11.4. The van der Waals surface area contributed by atoms with Crippen LogP contribution in [0.5, 0.6) is 0 Å². The molecule has 2 bridgehead atoms. The molecule has 0 spiro atoms. The van der Waals surface area contributed by atoms with Gasteiger partial charge < -0.3 is 0 Å². The van der Waals surface area contributed by atoms with Crippen molar-refractivity contribution in [1.82, 2.24) is 0 Å². The van der Waals surface area contributed by atoms with Crippen LogP contribution in [0, 0.1) is 17.3 Å². The molecule has 3 fully saturated rings. The largest absolute Gasteiger partial charge is 0.274 e. The van der Waals surface area contributed by atoms with Crippen LogP contribution in [0.15, 0.2) is 12.2 Å². The van der Waals surface area contributed by atoms with Crippen molar-refractivity contribution in [2.75, 3.05) is 6.26 Å². The summed E-state index contributed by atoms with van der Waals surface area (Å²) in [5.74, 6) is 1.46. The van der Waals surface area contributed by atoms with Gasteiger partial charge in [-0.15, -0.1) is 0 Å². The van der Waals surface area contributed by atoms with Crippen LogP contribution < -0.4 is 0 Å². The Morgan fingerprint density at radius 1 is 1.47 bits per heavy atom. The van der Waals surface area contributed by atoms with E-state index in [2.05, 4.69) is 20.4 Å². The van der Waals surface area contributed by atoms with E-state index in [-0.39, 0.29) is 4.45 Å². The number of hydrogen-bond acceptors (Lipinski definition) is 3. The Kier molecular flexibility index (Phi) is 2.97. The highest BCUT2D eigenvalue weighted by molar-refractivity contribution is 8.38. The molecule has 0 N–H and O–H groups in total. The second-order valence-electron chi connectivity index (χ2n) is 5.18. The Hall–Kier alpha value is 0.110. The summed E-state index contributed by atoms with van der Waals surface area (Å²) < 4.78 is 0.236. The molecule has 0 aliphatic heterocycles. The molecule has 3 aliphatic carbocycles. The molecule has 3 atom stereocenters. The van der Waals surface area contributed by atoms with Crippen LogP contribution in [0.3, 0.4) is 0 Å². The highest BCUT2D eigenvalue weighted by Crippen LogP contribution is 2.62. The van der Waals surface area contributed by atoms with E-state index in [1.54, 1.807) is 0 Å². The zero-order valence-corrected chi connectivity index (χ0v) is 11.2. The molecule has 0 radical (unpaired) electrons. The minimum Gasteiger partial charge on any atom is -0.274 e. The molecule has 0 saturated heterocycles. The molecule has 0 aromatic rings. The molecule has 3 aliphatic rings. The third-order valence-electron chi connectivity index (χ3n) is 4.24. The van der Waals surface area contributed by atoms with E-state index in [0.29, 0.717) is 16.6 Å². The Labute approximate surface area is 100 Å². The van der Waals surface area contributed by atoms with Crippen LogP contribution in [-0.4, -0.2) is 16.0 Å². The molecule has 3 saturated carbocycles. The van der Waals surface area contributed by atoms with Crippen molar-refractivity contribution in [1.29, 1.82) is 0 Å². The molecule has 1 nitrogen and oxygen atoms in total. The van der Waals surface area contributed by atoms with Gasteiger partial charge in [0.05, 0.1) is 0 Å². The van der Waals surface area contributed by atoms with Gasteiger partial charge in [-0.3, -0.25) is 4.79 Å². The smallest absolute Gasteiger partial charge is 0.246 e. The van der Waals surface area contributed by atoms with Crippen LogP contribution in [0.25, 0.3) is 0 Å². The van der Waals surface area contributed by atoms with Gasteiger partial charge in [0.15, 0.2) is 0 Å². The minimum absolute atomic E-state index is 0.236. The first-order chi connectivity index (χ1) is 6.96. The number of hydrogen-bond donors (Lipinski definition) is 0. The number of fused-ring (bicyclic) bond motifs is 2. The summed E-state index contributed by atoms with van der Waals surface area (Å²) in [6.45, 7) is 8.90. The van der Waals surface area contributed by atoms with E-state index < -0.39 is 0 Å². The van der Waals surface area contributed by atoms with E-state index in [0.717, 1.165) is 12.3 Å². The average molecular weight is 242 g/mol. The number of carbonyl (C=O) groups is 1. The molecule has 3 unspecified atom stereocenters. The van der Waals surface area contributed by atoms with Gasteiger partial charge in [0, 0.05) is 5.25 Å². The lowest BCUT2D eigenvalue weighted by atomic mass is 9.47. The first kappa shape index (κ1) is 11.6. The Morgan fingerprint density at radius 3 is 2.60 bits per heavy atom. The van der Waals surface area contributed by atoms with Crippen molar-refractivity contribution < 1.29 is 4.79 Å². The topological polar surface area (TPSA) is 17.1 Å². The summed E-state index contributed by atoms with van der Waals surface area (Å²) >= 11 is 2.81. The molecular formula is C12H18OS2. The molecule has 84 valence electrons. The molecule has 0 heterocycles. The lowest BCUT2D eigenvalue weighted by Gasteiger charge is -2.59. The first-order valence-corrected chi connectivity index (χ1v) is 7.50. The van der Waals surface area contributed by atoms with Gasteiger partial charge in [-0.25, -0.2) is 0 Å². The second kappa shape index (κ2) is 3.85. The highest BCUT2D eigenvalue weighted by atomic mass is 32.2. The molecule has 0 amide bonds. The summed E-state index contributed by atoms with van der Waals surface area (Å²) in [6, 6.07) is 0. The summed E-state index contributed by atoms with van der Waals surface area (Å²) in [4.78, 5) is 11.4. The fourth-order valence-electron chi connectivity index (χ4n) is 2.97. The van der Waals surface area contributed by atoms with Crippen LogP contribution in [0.4, 0.5) is 4.79 Å². The molecular weight excluding hydrogens is 224 g/mol. The Balaban J connectivity index is 2.03. The molecule has 3 heteroatoms. The van der Waals surface area contributed by atoms with Crippen molar-refractivity contribution in [3.63, 3.8) is 0 Å². The summed E-state index contributed by atoms with van der Waals surface area (Å²) in [5.41, 5.74) is 1.76. The minimum atomic E-state index is 0.236. The van der Waals surface area contributed by atoms with E-state index in [9.17, 15) is 4.79 Å². The van der Waals surface area contributed by atoms with Crippen LogP contribution in [-0.2, 0) is 0 Å². The second-order valence-corrected chi connectivity index (χ2v) is 7.39. The van der Waals surface area contributed by atoms with Crippen LogP contribution in [0.2, 0.25) is 0 Å². The lowest BCUT2D eigenvalue weighted by molar-refractivity contribution is -0.0248. The zero-order chi connectivity index (χ0) is 11.2. The van der Waals surface area contributed by atoms with Gasteiger partial charge in [0.1, 0.15) is 0 Å². The average Bonchev–Trinajstić information content (AvgIpc) is 2.19. The molecule has 15 heavy (non-hydrogen) atoms. The van der Waals surface area contributed by atoms with Crippen molar-refractivity contribution in [2.24, 2.45) is 17.3 Å². The Bertz CT molecular complexity index is 309. The highest BCUT2D eigenvalue weighted by Gasteiger charge is 2.54. The summed E-state index contributed by atoms with van der Waals surface area (Å²) in [7, 11) is 0. The van der Waals surface area contributed by atoms with Crippen LogP contribution in [0.1, 0.15) is 26.7 Å². The van der Waals surface area contributed by atoms with E-state index in [1.165, 1.54) is 35.5 Å². The van der Waals surface area contributed by atoms with Gasteiger partial charge in [-0.05, 0) is 36.3 Å². The van der Waals surface area contributed by atoms with Crippen molar-refractivity contribution >= 4 is 28.0 Å². The zero-order valence-electron chi connectivity index (χ0n) is 9.58. The predicted molar refractivity (Wildman–Crippen MR) is 69.4 cm³/mol. The van der Waals surface area contributed by atoms with Gasteiger partial charge >= 0.3 is 0 Å².